The van der Waals surface area contributed by atoms with Gasteiger partial charge in [0, 0.05) is 61.4 Å². The van der Waals surface area contributed by atoms with Gasteiger partial charge in [-0.2, -0.15) is 0 Å². The third-order valence-corrected chi connectivity index (χ3v) is 26.6. The number of aromatic hydroxyl groups is 4. The number of hydrogen-bond acceptors (Lipinski definition) is 30. The molecule has 0 spiro atoms. The fourth-order valence-corrected chi connectivity index (χ4v) is 18.5. The third-order valence-electron chi connectivity index (χ3n) is 25.8. The van der Waals surface area contributed by atoms with Crippen LogP contribution in [0.15, 0.2) is 164 Å². The molecule has 8 aliphatic heterocycles. The average molecular weight is 2010 g/mol. The van der Waals surface area contributed by atoms with E-state index in [2.05, 4.69) is 61.7 Å². The third kappa shape index (κ3) is 24.2. The maximum absolute atomic E-state index is 17.2. The summed E-state index contributed by atoms with van der Waals surface area (Å²) in [7, 11) is 8.91. The molecule has 18 atom stereocenters. The number of aliphatic hydroxyl groups is 7. The molecule has 2 saturated heterocycles. The quantitative estimate of drug-likeness (QED) is 0.0240. The van der Waals surface area contributed by atoms with E-state index in [-0.39, 0.29) is 72.3 Å². The molecule has 17 bridgehead atoms. The molecule has 20 N–H and O–H groups in total. The van der Waals surface area contributed by atoms with Crippen molar-refractivity contribution in [3.63, 3.8) is 0 Å². The molecule has 38 nitrogen and oxygen atoms in total. The highest BCUT2D eigenvalue weighted by molar-refractivity contribution is 6.33. The van der Waals surface area contributed by atoms with E-state index in [4.69, 9.17) is 56.4 Å². The lowest BCUT2D eigenvalue weighted by Gasteiger charge is -2.42. The first-order valence-corrected chi connectivity index (χ1v) is 48.0. The van der Waals surface area contributed by atoms with Gasteiger partial charge in [0.1, 0.15) is 125 Å². The van der Waals surface area contributed by atoms with Crippen LogP contribution in [-0.2, 0) is 80.2 Å². The number of aliphatic hydroxyl groups excluding tert-OH is 7. The second-order valence-corrected chi connectivity index (χ2v) is 37.8. The van der Waals surface area contributed by atoms with Gasteiger partial charge in [-0.25, -0.2) is 0 Å². The highest BCUT2D eigenvalue weighted by atomic mass is 35.5. The summed E-state index contributed by atoms with van der Waals surface area (Å²) >= 11 is 14.6. The summed E-state index contributed by atoms with van der Waals surface area (Å²) in [5.41, 5.74) is 1.28. The molecule has 4 unspecified atom stereocenters. The van der Waals surface area contributed by atoms with Crippen LogP contribution in [0.2, 0.25) is 10.0 Å². The molecular formula is C103H118Cl2N12O26. The largest absolute Gasteiger partial charge is 0.508 e. The van der Waals surface area contributed by atoms with E-state index < -0.39 is 247 Å². The number of aryl methyl sites for hydroxylation is 2. The SMILES string of the molecule is CCCCc1ccc(CNC2[C@H](Oc3c4cc5cc3Oc3ccc(cc3Cl)[C@@H](O)C3NC(=O)[C@H](NC(=O)[C@@H]5NC(=O)[C@H]5NC(=O)[C@@H](Cc6ccc(cc6)O4)NC(=O)[C@H](N(C)Cc4ccc(CCCC)cc4)c4ccc(O)c(c4)Oc4cc(O)c(Cl)c5c4)c4ccc(O)c(c4)-c4c(O[C@H]5O[C@H](CO)[C@@H](O)[C@H](O)[C@@H]5O)cc(O)cc4[C@@H](C(=O)NCCCN(C)C)NC3=O)OC(C(=O)NCCCN(C)C)C(O)[C@@H]2O)cc1. The molecular weight excluding hydrogens is 1890 g/mol. The molecule has 8 amide bonds. The number of ether oxygens (including phenoxy) is 7. The maximum Gasteiger partial charge on any atom is 0.252 e. The number of rotatable bonds is 27. The van der Waals surface area contributed by atoms with E-state index >= 15 is 33.6 Å². The number of hydrogen-bond donors (Lipinski definition) is 20. The maximum atomic E-state index is 17.2. The molecule has 760 valence electrons. The zero-order chi connectivity index (χ0) is 102. The van der Waals surface area contributed by atoms with E-state index in [1.54, 1.807) is 38.2 Å². The van der Waals surface area contributed by atoms with Crippen LogP contribution >= 0.6 is 23.2 Å². The second kappa shape index (κ2) is 46.2. The molecule has 17 rings (SSSR count). The minimum Gasteiger partial charge on any atom is -0.508 e. The van der Waals surface area contributed by atoms with Gasteiger partial charge in [0.25, 0.3) is 5.91 Å². The molecule has 143 heavy (non-hydrogen) atoms. The summed E-state index contributed by atoms with van der Waals surface area (Å²) < 4.78 is 46.3. The lowest BCUT2D eigenvalue weighted by Crippen LogP contribution is -2.66. The minimum absolute atomic E-state index is 0.0362. The first-order valence-electron chi connectivity index (χ1n) is 47.3. The van der Waals surface area contributed by atoms with Crippen molar-refractivity contribution in [3.8, 4) is 80.1 Å². The molecule has 0 aromatic heterocycles. The van der Waals surface area contributed by atoms with Crippen LogP contribution in [0.1, 0.15) is 150 Å². The number of halogens is 2. The van der Waals surface area contributed by atoms with Gasteiger partial charge in [0.2, 0.25) is 59.7 Å². The van der Waals surface area contributed by atoms with Gasteiger partial charge >= 0.3 is 0 Å². The van der Waals surface area contributed by atoms with Crippen LogP contribution < -0.4 is 71.5 Å². The molecule has 0 aliphatic carbocycles. The highest BCUT2D eigenvalue weighted by Gasteiger charge is 2.51. The lowest BCUT2D eigenvalue weighted by atomic mass is 9.89. The Hall–Kier alpha value is -13.0. The summed E-state index contributed by atoms with van der Waals surface area (Å²) in [6.45, 7) is 4.23. The molecule has 0 radical (unpaired) electrons. The van der Waals surface area contributed by atoms with Gasteiger partial charge < -0.3 is 147 Å². The molecule has 2 fully saturated rings. The average Bonchev–Trinajstić information content (AvgIpc) is 0.755. The normalized spacial score (nSPS) is 24.4. The molecule has 9 aromatic rings. The van der Waals surface area contributed by atoms with Gasteiger partial charge in [-0.3, -0.25) is 43.3 Å². The van der Waals surface area contributed by atoms with Crippen LogP contribution in [0.5, 0.6) is 69.0 Å². The van der Waals surface area contributed by atoms with Gasteiger partial charge in [-0.05, 0) is 215 Å². The van der Waals surface area contributed by atoms with E-state index in [1.165, 1.54) is 48.5 Å². The number of nitrogens with zero attached hydrogens (tertiary/aromatic N) is 3. The van der Waals surface area contributed by atoms with Crippen molar-refractivity contribution >= 4 is 70.5 Å². The molecule has 0 saturated carbocycles. The van der Waals surface area contributed by atoms with Crippen molar-refractivity contribution in [2.45, 2.75) is 194 Å². The van der Waals surface area contributed by atoms with E-state index in [1.807, 2.05) is 72.4 Å². The summed E-state index contributed by atoms with van der Waals surface area (Å²) in [6, 6.07) is 22.9. The van der Waals surface area contributed by atoms with Crippen molar-refractivity contribution in [2.75, 3.05) is 68.0 Å². The molecule has 9 aromatic carbocycles. The van der Waals surface area contributed by atoms with Crippen LogP contribution in [0, 0.1) is 0 Å². The Bertz CT molecular complexity index is 6150. The van der Waals surface area contributed by atoms with Gasteiger partial charge in [-0.1, -0.05) is 129 Å². The molecule has 8 heterocycles. The number of likely N-dealkylation sites (N-methyl/N-ethyl adjacent to an activating group) is 1. The fraction of sp³-hybridized carbons (Fsp3) is 0.398. The Morgan fingerprint density at radius 3 is 1.73 bits per heavy atom. The van der Waals surface area contributed by atoms with E-state index in [9.17, 15) is 61.0 Å². The summed E-state index contributed by atoms with van der Waals surface area (Å²) in [5.74, 6) is -15.4. The summed E-state index contributed by atoms with van der Waals surface area (Å²) in [5, 5.41) is 155. The van der Waals surface area contributed by atoms with Crippen LogP contribution in [0.25, 0.3) is 11.1 Å². The summed E-state index contributed by atoms with van der Waals surface area (Å²) in [6.07, 6.45) is -14.2. The van der Waals surface area contributed by atoms with Crippen molar-refractivity contribution < 1.29 is 128 Å². The van der Waals surface area contributed by atoms with Crippen molar-refractivity contribution in [2.24, 2.45) is 0 Å². The zero-order valence-electron chi connectivity index (χ0n) is 79.4. The van der Waals surface area contributed by atoms with Gasteiger partial charge in [0.05, 0.1) is 22.7 Å². The summed E-state index contributed by atoms with van der Waals surface area (Å²) in [4.78, 5) is 134. The Labute approximate surface area is 833 Å². The number of fused-ring (bicyclic) bond motifs is 14. The van der Waals surface area contributed by atoms with Gasteiger partial charge in [0.15, 0.2) is 29.1 Å². The number of carbonyl (C=O) groups excluding carboxylic acids is 8. The zero-order valence-corrected chi connectivity index (χ0v) is 80.9. The minimum atomic E-state index is -2.42. The predicted molar refractivity (Wildman–Crippen MR) is 520 cm³/mol. The van der Waals surface area contributed by atoms with Crippen LogP contribution in [-0.4, -0.2) is 260 Å². The Morgan fingerprint density at radius 1 is 0.483 bits per heavy atom. The Balaban J connectivity index is 0.953. The van der Waals surface area contributed by atoms with Gasteiger partial charge in [-0.15, -0.1) is 0 Å². The Morgan fingerprint density at radius 2 is 1.08 bits per heavy atom. The number of phenols is 4. The van der Waals surface area contributed by atoms with Crippen LogP contribution in [0.3, 0.4) is 0 Å². The number of unbranched alkanes of at least 4 members (excludes halogenated alkanes) is 2. The van der Waals surface area contributed by atoms with Crippen LogP contribution in [0.4, 0.5) is 0 Å². The lowest BCUT2D eigenvalue weighted by molar-refractivity contribution is -0.277. The first-order chi connectivity index (χ1) is 68.5. The molecule has 8 aliphatic rings. The number of amides is 8. The second-order valence-electron chi connectivity index (χ2n) is 37.0. The monoisotopic (exact) mass is 2010 g/mol. The van der Waals surface area contributed by atoms with Crippen molar-refractivity contribution in [3.05, 3.63) is 235 Å². The number of carbonyl (C=O) groups is 8. The van der Waals surface area contributed by atoms with Crippen molar-refractivity contribution in [1.82, 2.24) is 62.6 Å². The fourth-order valence-electron chi connectivity index (χ4n) is 18.0. The first kappa shape index (κ1) is 104. The number of benzene rings is 9. The number of phenolic OH excluding ortho intramolecular Hbond substituents is 4. The van der Waals surface area contributed by atoms with E-state index in [0.29, 0.717) is 37.1 Å². The van der Waals surface area contributed by atoms with Crippen molar-refractivity contribution in [1.29, 1.82) is 0 Å². The van der Waals surface area contributed by atoms with E-state index in [0.717, 1.165) is 110 Å². The topological polar surface area (TPSA) is 542 Å². The Kier molecular flexibility index (Phi) is 33.7. The highest BCUT2D eigenvalue weighted by Crippen LogP contribution is 2.51. The predicted octanol–water partition coefficient (Wildman–Crippen LogP) is 6.65. The smallest absolute Gasteiger partial charge is 0.252 e. The molecule has 40 heteroatoms. The number of nitrogens with one attached hydrogen (secondary N) is 9. The standard InChI is InChI=1S/C103H118Cl2N12O26/c1-8-10-14-51-16-20-54(21-17-51)48-108-84-88(125)90(127)93(101(136)107-35-13-37-116(5)6)143-102(84)142-92-74-42-59-43-75(92)139-71-33-28-58(40-66(71)104)86(123)83-99(134)113-81(95(130)106-34-12-36-115(3)4)64-44-60(119)45-73(140-103-91(128)89(126)87(124)76(50-118)141-103)77(64)63-39-56(26-31-68(63)120)79(96(131)114-83)110-97(132)80(59)111-98(133)82-65-46-62(47-70(122)78(65)105)138-72-41-57(27-32-69(72)121)85(117(7)49-55-22-18-52(19-23-55)15-11-9-2)100(135)109-67(94(129)112-82)38-53-24-29-61(137-74)30-25-53/h16-33,39-47,67,76,79-91,93,102-103,108,118-128H,8-15,34-38,48-50H2,1-7H3,(H,106,130)(H,107,136)(H,109,135)(H,110,132)(H,111,133)(H,112,129)(H,113,134)(H,114,131)/t67-,76-,79-,80-,81+,82+,83?,84?,85-,86-,87-,88-,89+,90?,91+,93?,102-,103+/m1/s1.